The summed E-state index contributed by atoms with van der Waals surface area (Å²) in [6.07, 6.45) is 1.92. The van der Waals surface area contributed by atoms with Crippen LogP contribution in [0.1, 0.15) is 30.7 Å². The molecule has 0 fully saturated rings. The van der Waals surface area contributed by atoms with Crippen LogP contribution in [0.2, 0.25) is 0 Å². The van der Waals surface area contributed by atoms with Crippen molar-refractivity contribution in [1.82, 2.24) is 4.98 Å². The van der Waals surface area contributed by atoms with Crippen LogP contribution < -0.4 is 5.73 Å². The molecule has 1 rings (SSSR count). The molecule has 0 saturated carbocycles. The first-order chi connectivity index (χ1) is 5.04. The zero-order valence-corrected chi connectivity index (χ0v) is 8.03. The van der Waals surface area contributed by atoms with Gasteiger partial charge in [0.2, 0.25) is 0 Å². The first kappa shape index (κ1) is 8.68. The van der Waals surface area contributed by atoms with Crippen LogP contribution >= 0.6 is 11.3 Å². The quantitative estimate of drug-likeness (QED) is 0.699. The van der Waals surface area contributed by atoms with E-state index in [9.17, 15) is 0 Å². The molecule has 1 aromatic heterocycles. The smallest absolute Gasteiger partial charge is 0.106 e. The van der Waals surface area contributed by atoms with Gasteiger partial charge < -0.3 is 5.73 Å². The van der Waals surface area contributed by atoms with Crippen LogP contribution in [0.4, 0.5) is 0 Å². The lowest BCUT2D eigenvalue weighted by molar-refractivity contribution is 0.602. The van der Waals surface area contributed by atoms with Gasteiger partial charge in [0.15, 0.2) is 0 Å². The molecule has 0 aromatic carbocycles. The fourth-order valence-corrected chi connectivity index (χ4v) is 1.61. The molecule has 0 unspecified atom stereocenters. The molecule has 0 atom stereocenters. The van der Waals surface area contributed by atoms with Crippen LogP contribution in [0.25, 0.3) is 0 Å². The average molecular weight is 170 g/mol. The molecule has 1 heterocycles. The molecule has 11 heavy (non-hydrogen) atoms. The molecular formula is C8H14N2S. The zero-order chi connectivity index (χ0) is 8.48. The Kier molecular flexibility index (Phi) is 2.30. The highest BCUT2D eigenvalue weighted by Crippen LogP contribution is 2.27. The van der Waals surface area contributed by atoms with Gasteiger partial charge in [0.05, 0.1) is 0 Å². The molecule has 2 N–H and O–H groups in total. The first-order valence-electron chi connectivity index (χ1n) is 3.69. The number of hydrogen-bond acceptors (Lipinski definition) is 3. The predicted octanol–water partition coefficient (Wildman–Crippen LogP) is 1.90. The van der Waals surface area contributed by atoms with Gasteiger partial charge in [-0.3, -0.25) is 0 Å². The Morgan fingerprint density at radius 1 is 1.55 bits per heavy atom. The van der Waals surface area contributed by atoms with Crippen molar-refractivity contribution < 1.29 is 0 Å². The van der Waals surface area contributed by atoms with E-state index in [2.05, 4.69) is 25.8 Å². The Hall–Kier alpha value is -0.410. The Balaban J connectivity index is 2.89. The van der Waals surface area contributed by atoms with Crippen molar-refractivity contribution in [3.63, 3.8) is 0 Å². The molecule has 0 amide bonds. The third-order valence-corrected chi connectivity index (χ3v) is 2.91. The molecule has 0 bridgehead atoms. The van der Waals surface area contributed by atoms with Crippen LogP contribution in [0, 0.1) is 0 Å². The molecule has 0 aliphatic rings. The van der Waals surface area contributed by atoms with E-state index >= 15 is 0 Å². The molecule has 3 heteroatoms. The highest BCUT2D eigenvalue weighted by Gasteiger charge is 2.16. The summed E-state index contributed by atoms with van der Waals surface area (Å²) in [5.74, 6) is 0. The van der Waals surface area contributed by atoms with Crippen molar-refractivity contribution in [2.75, 3.05) is 0 Å². The van der Waals surface area contributed by atoms with E-state index in [0.717, 1.165) is 5.01 Å². The minimum atomic E-state index is 0.213. The van der Waals surface area contributed by atoms with Crippen molar-refractivity contribution in [2.24, 2.45) is 5.73 Å². The summed E-state index contributed by atoms with van der Waals surface area (Å²) >= 11 is 1.70. The number of thiazole rings is 1. The van der Waals surface area contributed by atoms with Crippen LogP contribution in [0.15, 0.2) is 6.20 Å². The van der Waals surface area contributed by atoms with Gasteiger partial charge in [0.25, 0.3) is 0 Å². The Morgan fingerprint density at radius 3 is 2.45 bits per heavy atom. The first-order valence-corrected chi connectivity index (χ1v) is 4.51. The maximum absolute atomic E-state index is 5.45. The Bertz CT molecular complexity index is 234. The average Bonchev–Trinajstić information content (AvgIpc) is 2.32. The van der Waals surface area contributed by atoms with Gasteiger partial charge in [0.1, 0.15) is 5.01 Å². The van der Waals surface area contributed by atoms with Gasteiger partial charge in [-0.1, -0.05) is 20.8 Å². The highest BCUT2D eigenvalue weighted by molar-refractivity contribution is 7.11. The van der Waals surface area contributed by atoms with E-state index in [1.165, 1.54) is 4.88 Å². The number of rotatable bonds is 1. The van der Waals surface area contributed by atoms with E-state index in [-0.39, 0.29) is 5.41 Å². The second-order valence-corrected chi connectivity index (χ2v) is 4.69. The largest absolute Gasteiger partial charge is 0.325 e. The van der Waals surface area contributed by atoms with Crippen LogP contribution in [-0.2, 0) is 12.0 Å². The molecular weight excluding hydrogens is 156 g/mol. The van der Waals surface area contributed by atoms with E-state index < -0.39 is 0 Å². The topological polar surface area (TPSA) is 38.9 Å². The van der Waals surface area contributed by atoms with Gasteiger partial charge in [-0.25, -0.2) is 4.98 Å². The van der Waals surface area contributed by atoms with E-state index in [1.807, 2.05) is 6.20 Å². The maximum Gasteiger partial charge on any atom is 0.106 e. The number of nitrogens with zero attached hydrogens (tertiary/aromatic N) is 1. The van der Waals surface area contributed by atoms with Gasteiger partial charge in [-0.05, 0) is 5.41 Å². The van der Waals surface area contributed by atoms with E-state index in [4.69, 9.17) is 5.73 Å². The fraction of sp³-hybridized carbons (Fsp3) is 0.625. The third-order valence-electron chi connectivity index (χ3n) is 1.47. The van der Waals surface area contributed by atoms with E-state index in [0.29, 0.717) is 6.54 Å². The molecule has 0 spiro atoms. The second-order valence-electron chi connectivity index (χ2n) is 3.57. The second kappa shape index (κ2) is 2.91. The standard InChI is InChI=1S/C8H14N2S/c1-8(2,3)6-5-10-7(4-9)11-6/h5H,4,9H2,1-3H3. The number of nitrogens with two attached hydrogens (primary N) is 1. The molecule has 1 aromatic rings. The number of aromatic nitrogens is 1. The summed E-state index contributed by atoms with van der Waals surface area (Å²) in [5.41, 5.74) is 5.67. The van der Waals surface area contributed by atoms with Crippen LogP contribution in [-0.4, -0.2) is 4.98 Å². The van der Waals surface area contributed by atoms with Crippen LogP contribution in [0.3, 0.4) is 0 Å². The molecule has 62 valence electrons. The molecule has 0 aliphatic heterocycles. The summed E-state index contributed by atoms with van der Waals surface area (Å²) < 4.78 is 0. The minimum Gasteiger partial charge on any atom is -0.325 e. The summed E-state index contributed by atoms with van der Waals surface area (Å²) in [6, 6.07) is 0. The fourth-order valence-electron chi connectivity index (χ4n) is 0.751. The Labute approximate surface area is 71.5 Å². The Morgan fingerprint density at radius 2 is 2.18 bits per heavy atom. The zero-order valence-electron chi connectivity index (χ0n) is 7.22. The maximum atomic E-state index is 5.45. The van der Waals surface area contributed by atoms with Gasteiger partial charge in [-0.15, -0.1) is 11.3 Å². The minimum absolute atomic E-state index is 0.213. The summed E-state index contributed by atoms with van der Waals surface area (Å²) in [7, 11) is 0. The van der Waals surface area contributed by atoms with Crippen molar-refractivity contribution in [3.05, 3.63) is 16.1 Å². The van der Waals surface area contributed by atoms with Crippen molar-refractivity contribution in [1.29, 1.82) is 0 Å². The lowest BCUT2D eigenvalue weighted by Gasteiger charge is -2.14. The SMILES string of the molecule is CC(C)(C)c1cnc(CN)s1. The summed E-state index contributed by atoms with van der Waals surface area (Å²) in [5, 5.41) is 1.02. The van der Waals surface area contributed by atoms with Gasteiger partial charge in [-0.2, -0.15) is 0 Å². The molecule has 0 saturated heterocycles. The van der Waals surface area contributed by atoms with Crippen molar-refractivity contribution >= 4 is 11.3 Å². The van der Waals surface area contributed by atoms with Gasteiger partial charge >= 0.3 is 0 Å². The predicted molar refractivity (Wildman–Crippen MR) is 48.7 cm³/mol. The molecule has 0 radical (unpaired) electrons. The van der Waals surface area contributed by atoms with Crippen molar-refractivity contribution in [3.8, 4) is 0 Å². The van der Waals surface area contributed by atoms with Crippen LogP contribution in [0.5, 0.6) is 0 Å². The molecule has 0 aliphatic carbocycles. The molecule has 2 nitrogen and oxygen atoms in total. The summed E-state index contributed by atoms with van der Waals surface area (Å²) in [6.45, 7) is 7.10. The monoisotopic (exact) mass is 170 g/mol. The van der Waals surface area contributed by atoms with Crippen molar-refractivity contribution in [2.45, 2.75) is 32.7 Å². The third kappa shape index (κ3) is 2.01. The highest BCUT2D eigenvalue weighted by atomic mass is 32.1. The lowest BCUT2D eigenvalue weighted by Crippen LogP contribution is -2.07. The lowest BCUT2D eigenvalue weighted by atomic mass is 9.96. The number of hydrogen-bond donors (Lipinski definition) is 1. The van der Waals surface area contributed by atoms with E-state index in [1.54, 1.807) is 11.3 Å². The normalized spacial score (nSPS) is 12.0. The van der Waals surface area contributed by atoms with Gasteiger partial charge in [0, 0.05) is 17.6 Å². The summed E-state index contributed by atoms with van der Waals surface area (Å²) in [4.78, 5) is 5.50.